The summed E-state index contributed by atoms with van der Waals surface area (Å²) in [5, 5.41) is 6.35. The lowest BCUT2D eigenvalue weighted by Gasteiger charge is -2.12. The second-order valence-electron chi connectivity index (χ2n) is 6.47. The highest BCUT2D eigenvalue weighted by Crippen LogP contribution is 2.32. The first-order valence-corrected chi connectivity index (χ1v) is 11.0. The van der Waals surface area contributed by atoms with Crippen molar-refractivity contribution in [2.45, 2.75) is 18.7 Å². The lowest BCUT2D eigenvalue weighted by Crippen LogP contribution is -2.37. The summed E-state index contributed by atoms with van der Waals surface area (Å²) in [6, 6.07) is 15.0. The average Bonchev–Trinajstić information content (AvgIpc) is 3.15. The number of rotatable bonds is 8. The molecule has 1 aliphatic rings. The van der Waals surface area contributed by atoms with E-state index in [4.69, 9.17) is 9.47 Å². The van der Waals surface area contributed by atoms with Gasteiger partial charge in [-0.15, -0.1) is 24.0 Å². The molecule has 0 aliphatic carbocycles. The maximum Gasteiger partial charge on any atom is 0.231 e. The van der Waals surface area contributed by atoms with E-state index in [0.29, 0.717) is 25.5 Å². The molecule has 0 spiro atoms. The average molecular weight is 531 g/mol. The van der Waals surface area contributed by atoms with Crippen LogP contribution in [0.1, 0.15) is 17.5 Å². The topological polar surface area (TPSA) is 89.0 Å². The zero-order chi connectivity index (χ0) is 19.8. The third kappa shape index (κ3) is 7.39. The van der Waals surface area contributed by atoms with Crippen molar-refractivity contribution in [2.24, 2.45) is 4.99 Å². The van der Waals surface area contributed by atoms with E-state index in [-0.39, 0.29) is 42.3 Å². The molecule has 3 rings (SSSR count). The molecule has 7 nitrogen and oxygen atoms in total. The Morgan fingerprint density at radius 1 is 1.03 bits per heavy atom. The maximum absolute atomic E-state index is 12.2. The van der Waals surface area contributed by atoms with E-state index in [1.54, 1.807) is 7.05 Å². The smallest absolute Gasteiger partial charge is 0.231 e. The Labute approximate surface area is 188 Å². The molecule has 0 saturated carbocycles. The number of benzene rings is 2. The summed E-state index contributed by atoms with van der Waals surface area (Å²) >= 11 is 0. The molecule has 9 heteroatoms. The Hall–Kier alpha value is -2.01. The van der Waals surface area contributed by atoms with Gasteiger partial charge in [-0.3, -0.25) is 4.99 Å². The number of ether oxygens (including phenoxy) is 2. The summed E-state index contributed by atoms with van der Waals surface area (Å²) in [5.41, 5.74) is 1.86. The number of nitrogens with one attached hydrogen (secondary N) is 2. The fourth-order valence-electron chi connectivity index (χ4n) is 2.86. The molecular formula is C20H26IN3O4S. The van der Waals surface area contributed by atoms with Crippen LogP contribution in [0.3, 0.4) is 0 Å². The first-order valence-electron chi connectivity index (χ1n) is 9.13. The van der Waals surface area contributed by atoms with Gasteiger partial charge in [-0.1, -0.05) is 36.4 Å². The molecule has 0 unspecified atom stereocenters. The van der Waals surface area contributed by atoms with Gasteiger partial charge in [0.05, 0.1) is 11.5 Å². The van der Waals surface area contributed by atoms with Crippen molar-refractivity contribution >= 4 is 39.8 Å². The normalized spacial score (nSPS) is 12.9. The molecule has 0 bridgehead atoms. The Morgan fingerprint density at radius 2 is 1.79 bits per heavy atom. The van der Waals surface area contributed by atoms with Gasteiger partial charge in [-0.25, -0.2) is 8.42 Å². The number of guanidine groups is 1. The molecule has 0 saturated heterocycles. The first kappa shape index (κ1) is 23.3. The minimum Gasteiger partial charge on any atom is -0.454 e. The molecule has 0 fully saturated rings. The molecule has 29 heavy (non-hydrogen) atoms. The van der Waals surface area contributed by atoms with Crippen LogP contribution in [0.25, 0.3) is 0 Å². The third-order valence-electron chi connectivity index (χ3n) is 4.27. The van der Waals surface area contributed by atoms with Crippen molar-refractivity contribution in [1.82, 2.24) is 10.6 Å². The lowest BCUT2D eigenvalue weighted by atomic mass is 10.2. The molecule has 2 aromatic rings. The Balaban J connectivity index is 0.00000300. The second kappa shape index (κ2) is 11.2. The Kier molecular flexibility index (Phi) is 9.02. The summed E-state index contributed by atoms with van der Waals surface area (Å²) in [6.07, 6.45) is 0.514. The van der Waals surface area contributed by atoms with E-state index in [2.05, 4.69) is 15.6 Å². The molecule has 0 aromatic heterocycles. The van der Waals surface area contributed by atoms with Crippen molar-refractivity contribution < 1.29 is 17.9 Å². The van der Waals surface area contributed by atoms with Crippen LogP contribution in [-0.4, -0.2) is 40.5 Å². The van der Waals surface area contributed by atoms with E-state index in [0.717, 1.165) is 22.6 Å². The predicted octanol–water partition coefficient (Wildman–Crippen LogP) is 2.70. The van der Waals surface area contributed by atoms with Crippen LogP contribution >= 0.6 is 24.0 Å². The van der Waals surface area contributed by atoms with Gasteiger partial charge in [0.2, 0.25) is 6.79 Å². The van der Waals surface area contributed by atoms with Crippen molar-refractivity contribution in [3.63, 3.8) is 0 Å². The van der Waals surface area contributed by atoms with Crippen LogP contribution in [0.2, 0.25) is 0 Å². The zero-order valence-electron chi connectivity index (χ0n) is 16.3. The van der Waals surface area contributed by atoms with E-state index in [1.807, 2.05) is 48.5 Å². The number of fused-ring (bicyclic) bond motifs is 1. The fraction of sp³-hybridized carbons (Fsp3) is 0.350. The second-order valence-corrected chi connectivity index (χ2v) is 8.66. The number of sulfone groups is 1. The van der Waals surface area contributed by atoms with E-state index >= 15 is 0 Å². The summed E-state index contributed by atoms with van der Waals surface area (Å²) in [5.74, 6) is 2.32. The lowest BCUT2D eigenvalue weighted by molar-refractivity contribution is 0.174. The van der Waals surface area contributed by atoms with Crippen LogP contribution in [0.4, 0.5) is 0 Å². The molecule has 2 aromatic carbocycles. The van der Waals surface area contributed by atoms with Crippen molar-refractivity contribution in [2.75, 3.05) is 26.1 Å². The number of halogens is 1. The molecule has 1 aliphatic heterocycles. The maximum atomic E-state index is 12.2. The summed E-state index contributed by atoms with van der Waals surface area (Å²) in [7, 11) is -1.44. The Bertz CT molecular complexity index is 921. The minimum absolute atomic E-state index is 0. The Morgan fingerprint density at radius 3 is 2.55 bits per heavy atom. The molecule has 0 atom stereocenters. The molecule has 0 amide bonds. The number of aliphatic imine (C=N–C) groups is 1. The standard InChI is InChI=1S/C20H25N3O4S.HI/c1-21-20(23-13-17-8-9-18-19(12-17)27-15-26-18)22-10-5-11-28(24,25)14-16-6-3-2-4-7-16;/h2-4,6-9,12H,5,10-11,13-15H2,1H3,(H2,21,22,23);1H. The fourth-order valence-corrected chi connectivity index (χ4v) is 4.29. The van der Waals surface area contributed by atoms with Crippen LogP contribution in [-0.2, 0) is 22.1 Å². The highest BCUT2D eigenvalue weighted by molar-refractivity contribution is 14.0. The van der Waals surface area contributed by atoms with Crippen molar-refractivity contribution in [3.8, 4) is 11.5 Å². The van der Waals surface area contributed by atoms with E-state index < -0.39 is 9.84 Å². The number of nitrogens with zero attached hydrogens (tertiary/aromatic N) is 1. The van der Waals surface area contributed by atoms with Crippen LogP contribution < -0.4 is 20.1 Å². The van der Waals surface area contributed by atoms with Gasteiger partial charge in [-0.05, 0) is 29.7 Å². The highest BCUT2D eigenvalue weighted by atomic mass is 127. The number of hydrogen-bond donors (Lipinski definition) is 2. The van der Waals surface area contributed by atoms with Gasteiger partial charge in [-0.2, -0.15) is 0 Å². The van der Waals surface area contributed by atoms with E-state index in [1.165, 1.54) is 0 Å². The highest BCUT2D eigenvalue weighted by Gasteiger charge is 2.14. The summed E-state index contributed by atoms with van der Waals surface area (Å²) in [6.45, 7) is 1.35. The van der Waals surface area contributed by atoms with Gasteiger partial charge >= 0.3 is 0 Å². The SMILES string of the molecule is CN=C(NCCCS(=O)(=O)Cc1ccccc1)NCc1ccc2c(c1)OCO2.I. The van der Waals surface area contributed by atoms with Crippen LogP contribution in [0.5, 0.6) is 11.5 Å². The quantitative estimate of drug-likeness (QED) is 0.236. The van der Waals surface area contributed by atoms with Crippen LogP contribution in [0.15, 0.2) is 53.5 Å². The zero-order valence-corrected chi connectivity index (χ0v) is 19.4. The minimum atomic E-state index is -3.13. The first-order chi connectivity index (χ1) is 13.6. The summed E-state index contributed by atoms with van der Waals surface area (Å²) in [4.78, 5) is 4.17. The van der Waals surface area contributed by atoms with Gasteiger partial charge in [0.25, 0.3) is 0 Å². The number of hydrogen-bond acceptors (Lipinski definition) is 5. The molecule has 1 heterocycles. The molecule has 2 N–H and O–H groups in total. The third-order valence-corrected chi connectivity index (χ3v) is 5.96. The van der Waals surface area contributed by atoms with Crippen LogP contribution in [0, 0.1) is 0 Å². The van der Waals surface area contributed by atoms with Gasteiger partial charge in [0.15, 0.2) is 27.3 Å². The monoisotopic (exact) mass is 531 g/mol. The van der Waals surface area contributed by atoms with Gasteiger partial charge < -0.3 is 20.1 Å². The largest absolute Gasteiger partial charge is 0.454 e. The molecule has 0 radical (unpaired) electrons. The van der Waals surface area contributed by atoms with E-state index in [9.17, 15) is 8.42 Å². The van der Waals surface area contributed by atoms with Gasteiger partial charge in [0, 0.05) is 20.1 Å². The predicted molar refractivity (Wildman–Crippen MR) is 125 cm³/mol. The van der Waals surface area contributed by atoms with Gasteiger partial charge in [0.1, 0.15) is 0 Å². The van der Waals surface area contributed by atoms with Crippen molar-refractivity contribution in [3.05, 3.63) is 59.7 Å². The summed E-state index contributed by atoms with van der Waals surface area (Å²) < 4.78 is 35.1. The van der Waals surface area contributed by atoms with Crippen molar-refractivity contribution in [1.29, 1.82) is 0 Å². The molecular weight excluding hydrogens is 505 g/mol. The molecule has 158 valence electrons.